The minimum absolute atomic E-state index is 0. The standard InChI is InChI=1S/C19H21N3O2.ClH/c1-13-6-8-15(9-7-13)18(20)19(24)21-12-17(23)22-11-10-14-4-2-3-5-16(14)22;/h2-9,18H,10-12,20H2,1H3,(H,21,24);1H. The number of halogens is 1. The second-order valence-corrected chi connectivity index (χ2v) is 6.03. The summed E-state index contributed by atoms with van der Waals surface area (Å²) in [6.45, 7) is 2.58. The molecule has 0 aliphatic carbocycles. The van der Waals surface area contributed by atoms with Gasteiger partial charge in [-0.2, -0.15) is 0 Å². The number of benzene rings is 2. The Morgan fingerprint density at radius 3 is 2.56 bits per heavy atom. The zero-order valence-corrected chi connectivity index (χ0v) is 14.9. The van der Waals surface area contributed by atoms with Gasteiger partial charge in [0.2, 0.25) is 11.8 Å². The van der Waals surface area contributed by atoms with Gasteiger partial charge in [-0.1, -0.05) is 48.0 Å². The van der Waals surface area contributed by atoms with Crippen LogP contribution < -0.4 is 16.0 Å². The molecule has 0 radical (unpaired) electrons. The van der Waals surface area contributed by atoms with Crippen LogP contribution in [0.1, 0.15) is 22.7 Å². The summed E-state index contributed by atoms with van der Waals surface area (Å²) in [7, 11) is 0. The van der Waals surface area contributed by atoms with E-state index in [0.717, 1.165) is 28.8 Å². The molecule has 1 aliphatic rings. The number of carbonyl (C=O) groups is 2. The number of anilines is 1. The van der Waals surface area contributed by atoms with Crippen molar-refractivity contribution in [2.24, 2.45) is 5.73 Å². The van der Waals surface area contributed by atoms with Crippen LogP contribution in [-0.4, -0.2) is 24.9 Å². The quantitative estimate of drug-likeness (QED) is 0.878. The Labute approximate surface area is 153 Å². The maximum Gasteiger partial charge on any atom is 0.246 e. The van der Waals surface area contributed by atoms with Crippen LogP contribution in [0.3, 0.4) is 0 Å². The molecule has 1 unspecified atom stereocenters. The lowest BCUT2D eigenvalue weighted by Gasteiger charge is -2.18. The molecular weight excluding hydrogens is 338 g/mol. The number of para-hydroxylation sites is 1. The van der Waals surface area contributed by atoms with Crippen LogP contribution in [0.5, 0.6) is 0 Å². The SMILES string of the molecule is Cc1ccc(C(N)C(=O)NCC(=O)N2CCc3ccccc32)cc1.Cl. The number of nitrogens with two attached hydrogens (primary N) is 1. The summed E-state index contributed by atoms with van der Waals surface area (Å²) in [5, 5.41) is 2.65. The smallest absolute Gasteiger partial charge is 0.246 e. The third-order valence-electron chi connectivity index (χ3n) is 4.32. The van der Waals surface area contributed by atoms with Crippen molar-refractivity contribution in [3.05, 3.63) is 65.2 Å². The number of nitrogens with one attached hydrogen (secondary N) is 1. The molecule has 25 heavy (non-hydrogen) atoms. The van der Waals surface area contributed by atoms with Crippen molar-refractivity contribution < 1.29 is 9.59 Å². The molecule has 0 bridgehead atoms. The Kier molecular flexibility index (Phi) is 6.17. The van der Waals surface area contributed by atoms with Gasteiger partial charge in [-0.25, -0.2) is 0 Å². The van der Waals surface area contributed by atoms with Crippen LogP contribution in [0.4, 0.5) is 5.69 Å². The second-order valence-electron chi connectivity index (χ2n) is 6.03. The van der Waals surface area contributed by atoms with Gasteiger partial charge in [0.15, 0.2) is 0 Å². The normalized spacial score (nSPS) is 13.6. The highest BCUT2D eigenvalue weighted by molar-refractivity contribution is 5.98. The molecule has 3 N–H and O–H groups in total. The predicted molar refractivity (Wildman–Crippen MR) is 101 cm³/mol. The molecule has 0 aromatic heterocycles. The molecule has 5 nitrogen and oxygen atoms in total. The molecule has 0 fully saturated rings. The molecule has 2 aromatic rings. The van der Waals surface area contributed by atoms with E-state index in [-0.39, 0.29) is 30.8 Å². The van der Waals surface area contributed by atoms with Gasteiger partial charge in [-0.15, -0.1) is 12.4 Å². The first-order valence-corrected chi connectivity index (χ1v) is 8.04. The molecule has 0 saturated carbocycles. The Balaban J connectivity index is 0.00000225. The van der Waals surface area contributed by atoms with Crippen LogP contribution in [0.25, 0.3) is 0 Å². The molecule has 1 atom stereocenters. The van der Waals surface area contributed by atoms with Gasteiger partial charge in [0, 0.05) is 12.2 Å². The number of hydrogen-bond donors (Lipinski definition) is 2. The number of nitrogens with zero attached hydrogens (tertiary/aromatic N) is 1. The maximum atomic E-state index is 12.4. The largest absolute Gasteiger partial charge is 0.345 e. The van der Waals surface area contributed by atoms with Gasteiger partial charge in [-0.05, 0) is 30.5 Å². The summed E-state index contributed by atoms with van der Waals surface area (Å²) < 4.78 is 0. The van der Waals surface area contributed by atoms with Crippen molar-refractivity contribution in [3.8, 4) is 0 Å². The van der Waals surface area contributed by atoms with Crippen LogP contribution in [-0.2, 0) is 16.0 Å². The molecule has 2 amide bonds. The van der Waals surface area contributed by atoms with Crippen molar-refractivity contribution in [2.75, 3.05) is 18.0 Å². The molecule has 6 heteroatoms. The first kappa shape index (κ1) is 19.0. The number of carbonyl (C=O) groups excluding carboxylic acids is 2. The van der Waals surface area contributed by atoms with E-state index in [2.05, 4.69) is 5.32 Å². The summed E-state index contributed by atoms with van der Waals surface area (Å²) >= 11 is 0. The molecule has 1 heterocycles. The van der Waals surface area contributed by atoms with E-state index in [0.29, 0.717) is 6.54 Å². The number of aryl methyl sites for hydroxylation is 1. The molecule has 3 rings (SSSR count). The van der Waals surface area contributed by atoms with Gasteiger partial charge in [0.05, 0.1) is 6.54 Å². The summed E-state index contributed by atoms with van der Waals surface area (Å²) in [4.78, 5) is 26.3. The molecule has 132 valence electrons. The van der Waals surface area contributed by atoms with Crippen LogP contribution >= 0.6 is 12.4 Å². The van der Waals surface area contributed by atoms with Crippen molar-refractivity contribution in [1.82, 2.24) is 5.32 Å². The van der Waals surface area contributed by atoms with E-state index >= 15 is 0 Å². The zero-order chi connectivity index (χ0) is 17.1. The molecular formula is C19H22ClN3O2. The van der Waals surface area contributed by atoms with Gasteiger partial charge in [0.1, 0.15) is 6.04 Å². The Bertz CT molecular complexity index is 762. The van der Waals surface area contributed by atoms with E-state index in [1.54, 1.807) is 4.90 Å². The van der Waals surface area contributed by atoms with E-state index in [1.165, 1.54) is 0 Å². The summed E-state index contributed by atoms with van der Waals surface area (Å²) in [5.74, 6) is -0.468. The zero-order valence-electron chi connectivity index (χ0n) is 14.1. The number of hydrogen-bond acceptors (Lipinski definition) is 3. The van der Waals surface area contributed by atoms with Gasteiger partial charge in [0.25, 0.3) is 0 Å². The van der Waals surface area contributed by atoms with Gasteiger partial charge < -0.3 is 16.0 Å². The van der Waals surface area contributed by atoms with Crippen LogP contribution in [0.15, 0.2) is 48.5 Å². The fourth-order valence-electron chi connectivity index (χ4n) is 2.89. The van der Waals surface area contributed by atoms with Gasteiger partial charge in [-0.3, -0.25) is 9.59 Å². The fourth-order valence-corrected chi connectivity index (χ4v) is 2.89. The summed E-state index contributed by atoms with van der Waals surface area (Å²) in [6, 6.07) is 14.5. The minimum Gasteiger partial charge on any atom is -0.345 e. The number of rotatable bonds is 4. The fraction of sp³-hybridized carbons (Fsp3) is 0.263. The van der Waals surface area contributed by atoms with E-state index in [4.69, 9.17) is 5.73 Å². The maximum absolute atomic E-state index is 12.4. The third-order valence-corrected chi connectivity index (χ3v) is 4.32. The van der Waals surface area contributed by atoms with Crippen molar-refractivity contribution in [3.63, 3.8) is 0 Å². The Hall–Kier alpha value is -2.37. The molecule has 2 aromatic carbocycles. The first-order chi connectivity index (χ1) is 11.6. The highest BCUT2D eigenvalue weighted by atomic mass is 35.5. The summed E-state index contributed by atoms with van der Waals surface area (Å²) in [5.41, 5.74) is 9.90. The highest BCUT2D eigenvalue weighted by Crippen LogP contribution is 2.27. The average molecular weight is 360 g/mol. The van der Waals surface area contributed by atoms with Crippen molar-refractivity contribution >= 4 is 29.9 Å². The van der Waals surface area contributed by atoms with E-state index < -0.39 is 6.04 Å². The predicted octanol–water partition coefficient (Wildman–Crippen LogP) is 2.12. The Morgan fingerprint density at radius 2 is 1.84 bits per heavy atom. The minimum atomic E-state index is -0.774. The van der Waals surface area contributed by atoms with Crippen LogP contribution in [0.2, 0.25) is 0 Å². The lowest BCUT2D eigenvalue weighted by molar-refractivity contribution is -0.125. The molecule has 0 saturated heterocycles. The number of fused-ring (bicyclic) bond motifs is 1. The first-order valence-electron chi connectivity index (χ1n) is 8.04. The highest BCUT2D eigenvalue weighted by Gasteiger charge is 2.25. The van der Waals surface area contributed by atoms with E-state index in [1.807, 2.05) is 55.5 Å². The van der Waals surface area contributed by atoms with Crippen molar-refractivity contribution in [1.29, 1.82) is 0 Å². The lowest BCUT2D eigenvalue weighted by Crippen LogP contribution is -2.42. The molecule has 1 aliphatic heterocycles. The van der Waals surface area contributed by atoms with Gasteiger partial charge >= 0.3 is 0 Å². The number of amides is 2. The Morgan fingerprint density at radius 1 is 1.16 bits per heavy atom. The topological polar surface area (TPSA) is 75.4 Å². The average Bonchev–Trinajstić information content (AvgIpc) is 3.03. The van der Waals surface area contributed by atoms with Crippen molar-refractivity contribution in [2.45, 2.75) is 19.4 Å². The second kappa shape index (κ2) is 8.14. The monoisotopic (exact) mass is 359 g/mol. The van der Waals surface area contributed by atoms with Crippen LogP contribution in [0, 0.1) is 6.92 Å². The lowest BCUT2D eigenvalue weighted by atomic mass is 10.1. The molecule has 0 spiro atoms. The summed E-state index contributed by atoms with van der Waals surface area (Å²) in [6.07, 6.45) is 0.846. The third kappa shape index (κ3) is 4.18. The van der Waals surface area contributed by atoms with E-state index in [9.17, 15) is 9.59 Å².